The molecule has 138 valence electrons. The number of thioether (sulfide) groups is 1. The van der Waals surface area contributed by atoms with Gasteiger partial charge in [-0.05, 0) is 85.3 Å². The van der Waals surface area contributed by atoms with Crippen LogP contribution in [0, 0.1) is 10.7 Å². The Bertz CT molecular complexity index is 887. The van der Waals surface area contributed by atoms with Crippen LogP contribution >= 0.6 is 11.8 Å². The Morgan fingerprint density at radius 3 is 2.44 bits per heavy atom. The fourth-order valence-corrected chi connectivity index (χ4v) is 3.59. The molecular formula is C21H21N3O2S. The highest BCUT2D eigenvalue weighted by Crippen LogP contribution is 2.25. The average Bonchev–Trinajstić information content (AvgIpc) is 2.69. The molecule has 0 fully saturated rings. The monoisotopic (exact) mass is 379 g/mol. The Morgan fingerprint density at radius 2 is 1.74 bits per heavy atom. The van der Waals surface area contributed by atoms with Crippen molar-refractivity contribution in [1.82, 2.24) is 5.32 Å². The fraction of sp³-hybridized carbons (Fsp3) is 0.286. The summed E-state index contributed by atoms with van der Waals surface area (Å²) in [5, 5.41) is 16.0. The third kappa shape index (κ3) is 4.89. The van der Waals surface area contributed by atoms with E-state index in [2.05, 4.69) is 22.8 Å². The summed E-state index contributed by atoms with van der Waals surface area (Å²) in [5.41, 5.74) is 4.26. The number of nitrogens with one attached hydrogen (secondary N) is 2. The minimum Gasteiger partial charge on any atom is -0.341 e. The molecule has 2 N–H and O–H groups in total. The van der Waals surface area contributed by atoms with Crippen molar-refractivity contribution in [3.05, 3.63) is 59.2 Å². The lowest BCUT2D eigenvalue weighted by Crippen LogP contribution is -2.37. The molecule has 0 bridgehead atoms. The smallest absolute Gasteiger partial charge is 0.313 e. The van der Waals surface area contributed by atoms with Crippen molar-refractivity contribution in [2.75, 3.05) is 5.32 Å². The van der Waals surface area contributed by atoms with E-state index in [9.17, 15) is 9.59 Å². The number of nitriles is 1. The van der Waals surface area contributed by atoms with Crippen molar-refractivity contribution >= 4 is 29.3 Å². The van der Waals surface area contributed by atoms with Gasteiger partial charge in [0.25, 0.3) is 0 Å². The maximum absolute atomic E-state index is 12.2. The van der Waals surface area contributed by atoms with Gasteiger partial charge in [-0.3, -0.25) is 9.59 Å². The molecule has 0 saturated carbocycles. The predicted molar refractivity (Wildman–Crippen MR) is 106 cm³/mol. The van der Waals surface area contributed by atoms with Gasteiger partial charge in [0.05, 0.1) is 6.04 Å². The molecule has 6 heteroatoms. The van der Waals surface area contributed by atoms with E-state index in [0.717, 1.165) is 35.1 Å². The Morgan fingerprint density at radius 1 is 1.04 bits per heavy atom. The fourth-order valence-electron chi connectivity index (χ4n) is 3.22. The summed E-state index contributed by atoms with van der Waals surface area (Å²) >= 11 is 1.04. The zero-order valence-electron chi connectivity index (χ0n) is 15.1. The molecule has 0 radical (unpaired) electrons. The molecule has 5 nitrogen and oxygen atoms in total. The van der Waals surface area contributed by atoms with Crippen molar-refractivity contribution in [3.63, 3.8) is 0 Å². The number of carbonyl (C=O) groups excluding carboxylic acids is 2. The quantitative estimate of drug-likeness (QED) is 0.479. The van der Waals surface area contributed by atoms with Gasteiger partial charge in [0, 0.05) is 10.6 Å². The van der Waals surface area contributed by atoms with Crippen molar-refractivity contribution in [3.8, 4) is 5.40 Å². The summed E-state index contributed by atoms with van der Waals surface area (Å²) < 4.78 is 0. The number of fused-ring (bicyclic) bond motifs is 1. The van der Waals surface area contributed by atoms with Crippen molar-refractivity contribution in [1.29, 1.82) is 5.26 Å². The number of carbonyl (C=O) groups is 2. The molecule has 1 atom stereocenters. The number of amides is 2. The standard InChI is InChI=1S/C21H21N3O2S/c1-14(16-7-6-15-4-2-3-5-17(15)12-16)23-20(25)21(26)24-18-8-10-19(11-9-18)27-13-22/h6-12,14H,2-5H2,1H3,(H,23,25)(H,24,26). The number of nitrogens with zero attached hydrogens (tertiary/aromatic N) is 1. The first-order valence-electron chi connectivity index (χ1n) is 8.96. The Labute approximate surface area is 163 Å². The first-order valence-corrected chi connectivity index (χ1v) is 9.78. The lowest BCUT2D eigenvalue weighted by Gasteiger charge is -2.20. The molecule has 2 aromatic rings. The maximum Gasteiger partial charge on any atom is 0.313 e. The summed E-state index contributed by atoms with van der Waals surface area (Å²) in [7, 11) is 0. The second-order valence-corrected chi connectivity index (χ2v) is 7.46. The summed E-state index contributed by atoms with van der Waals surface area (Å²) in [6.07, 6.45) is 4.62. The third-order valence-corrected chi connectivity index (χ3v) is 5.30. The Hall–Kier alpha value is -2.78. The molecule has 2 aromatic carbocycles. The highest BCUT2D eigenvalue weighted by Gasteiger charge is 2.18. The second-order valence-electron chi connectivity index (χ2n) is 6.60. The number of hydrogen-bond donors (Lipinski definition) is 2. The van der Waals surface area contributed by atoms with Crippen LogP contribution < -0.4 is 10.6 Å². The SMILES string of the molecule is CC(NC(=O)C(=O)Nc1ccc(SC#N)cc1)c1ccc2c(c1)CCCC2. The molecule has 1 unspecified atom stereocenters. The molecule has 0 aliphatic heterocycles. The number of anilines is 1. The maximum atomic E-state index is 12.2. The summed E-state index contributed by atoms with van der Waals surface area (Å²) in [6, 6.07) is 12.8. The number of thiocyanates is 1. The van der Waals surface area contributed by atoms with Crippen LogP contribution in [0.3, 0.4) is 0 Å². The van der Waals surface area contributed by atoms with E-state index in [-0.39, 0.29) is 6.04 Å². The van der Waals surface area contributed by atoms with Crippen LogP contribution in [0.5, 0.6) is 0 Å². The van der Waals surface area contributed by atoms with Crippen LogP contribution in [-0.2, 0) is 22.4 Å². The molecule has 0 aromatic heterocycles. The van der Waals surface area contributed by atoms with Gasteiger partial charge in [-0.25, -0.2) is 0 Å². The lowest BCUT2D eigenvalue weighted by molar-refractivity contribution is -0.136. The molecule has 1 aliphatic carbocycles. The minimum absolute atomic E-state index is 0.245. The van der Waals surface area contributed by atoms with E-state index < -0.39 is 11.8 Å². The van der Waals surface area contributed by atoms with E-state index in [0.29, 0.717) is 5.69 Å². The molecule has 2 amide bonds. The predicted octanol–water partition coefficient (Wildman–Crippen LogP) is 3.95. The molecule has 0 heterocycles. The Kier molecular flexibility index (Phi) is 6.15. The van der Waals surface area contributed by atoms with Gasteiger partial charge in [0.2, 0.25) is 0 Å². The number of hydrogen-bond acceptors (Lipinski definition) is 4. The number of benzene rings is 2. The molecule has 27 heavy (non-hydrogen) atoms. The molecule has 0 saturated heterocycles. The second kappa shape index (κ2) is 8.74. The van der Waals surface area contributed by atoms with E-state index in [1.807, 2.05) is 18.4 Å². The van der Waals surface area contributed by atoms with E-state index >= 15 is 0 Å². The zero-order valence-corrected chi connectivity index (χ0v) is 15.9. The van der Waals surface area contributed by atoms with E-state index in [1.165, 1.54) is 24.0 Å². The normalized spacial score (nSPS) is 13.8. The Balaban J connectivity index is 1.59. The van der Waals surface area contributed by atoms with Gasteiger partial charge in [-0.2, -0.15) is 5.26 Å². The van der Waals surface area contributed by atoms with Gasteiger partial charge in [-0.1, -0.05) is 18.2 Å². The molecule has 0 spiro atoms. The molecule has 3 rings (SSSR count). The first kappa shape index (κ1) is 19.0. The topological polar surface area (TPSA) is 82.0 Å². The van der Waals surface area contributed by atoms with Crippen molar-refractivity contribution in [2.24, 2.45) is 0 Å². The summed E-state index contributed by atoms with van der Waals surface area (Å²) in [5.74, 6) is -1.38. The summed E-state index contributed by atoms with van der Waals surface area (Å²) in [4.78, 5) is 25.1. The van der Waals surface area contributed by atoms with Gasteiger partial charge >= 0.3 is 11.8 Å². The molecule has 1 aliphatic rings. The number of rotatable bonds is 4. The van der Waals surface area contributed by atoms with E-state index in [4.69, 9.17) is 5.26 Å². The lowest BCUT2D eigenvalue weighted by atomic mass is 9.89. The van der Waals surface area contributed by atoms with E-state index in [1.54, 1.807) is 24.3 Å². The summed E-state index contributed by atoms with van der Waals surface area (Å²) in [6.45, 7) is 1.88. The highest BCUT2D eigenvalue weighted by molar-refractivity contribution is 8.03. The first-order chi connectivity index (χ1) is 13.1. The van der Waals surface area contributed by atoms with Gasteiger partial charge in [-0.15, -0.1) is 0 Å². The van der Waals surface area contributed by atoms with Crippen LogP contribution in [0.25, 0.3) is 0 Å². The van der Waals surface area contributed by atoms with Gasteiger partial charge in [0.15, 0.2) is 0 Å². The van der Waals surface area contributed by atoms with Crippen LogP contribution in [0.2, 0.25) is 0 Å². The third-order valence-electron chi connectivity index (χ3n) is 4.70. The highest BCUT2D eigenvalue weighted by atomic mass is 32.2. The largest absolute Gasteiger partial charge is 0.341 e. The van der Waals surface area contributed by atoms with Crippen LogP contribution in [-0.4, -0.2) is 11.8 Å². The van der Waals surface area contributed by atoms with Crippen LogP contribution in [0.1, 0.15) is 42.5 Å². The van der Waals surface area contributed by atoms with Gasteiger partial charge in [0.1, 0.15) is 5.40 Å². The zero-order chi connectivity index (χ0) is 19.2. The number of aryl methyl sites for hydroxylation is 2. The van der Waals surface area contributed by atoms with Gasteiger partial charge < -0.3 is 10.6 Å². The van der Waals surface area contributed by atoms with Crippen molar-refractivity contribution < 1.29 is 9.59 Å². The molecular weight excluding hydrogens is 358 g/mol. The van der Waals surface area contributed by atoms with Crippen molar-refractivity contribution in [2.45, 2.75) is 43.5 Å². The van der Waals surface area contributed by atoms with Crippen LogP contribution in [0.15, 0.2) is 47.4 Å². The minimum atomic E-state index is -0.708. The average molecular weight is 379 g/mol. The van der Waals surface area contributed by atoms with Crippen LogP contribution in [0.4, 0.5) is 5.69 Å².